The molecule has 0 N–H and O–H groups in total. The molecule has 1 amide bonds. The molecule has 0 saturated carbocycles. The average Bonchev–Trinajstić information content (AvgIpc) is 3.35. The maximum absolute atomic E-state index is 12.8. The molecular formula is C22H15ClN2O4. The van der Waals surface area contributed by atoms with Gasteiger partial charge in [0.05, 0.1) is 28.3 Å². The highest BCUT2D eigenvalue weighted by molar-refractivity contribution is 6.33. The van der Waals surface area contributed by atoms with E-state index in [2.05, 4.69) is 5.10 Å². The number of para-hydroxylation sites is 1. The minimum Gasteiger partial charge on any atom is -0.457 e. The first-order valence-electron chi connectivity index (χ1n) is 8.75. The van der Waals surface area contributed by atoms with Crippen LogP contribution in [0.5, 0.6) is 5.75 Å². The van der Waals surface area contributed by atoms with Crippen molar-refractivity contribution in [3.63, 3.8) is 0 Å². The largest absolute Gasteiger partial charge is 0.457 e. The standard InChI is InChI=1S/C22H15ClN2O4/c1-14-17(21(26)25(24-14)16-6-3-2-4-7-16)12-15-9-10-19(18(23)13-15)29-22(27)20-8-5-11-28-20/h2-13H,1H3/b17-12+. The number of carbonyl (C=O) groups is 2. The fraction of sp³-hybridized carbons (Fsp3) is 0.0455. The van der Waals surface area contributed by atoms with Gasteiger partial charge in [-0.1, -0.05) is 35.9 Å². The molecule has 0 saturated heterocycles. The Bertz CT molecular complexity index is 1130. The van der Waals surface area contributed by atoms with E-state index in [9.17, 15) is 9.59 Å². The van der Waals surface area contributed by atoms with E-state index in [-0.39, 0.29) is 22.4 Å². The van der Waals surface area contributed by atoms with Crippen molar-refractivity contribution in [2.24, 2.45) is 5.10 Å². The number of amides is 1. The first kappa shape index (κ1) is 18.7. The zero-order valence-electron chi connectivity index (χ0n) is 15.3. The smallest absolute Gasteiger partial charge is 0.379 e. The van der Waals surface area contributed by atoms with Crippen LogP contribution in [0.25, 0.3) is 6.08 Å². The number of halogens is 1. The van der Waals surface area contributed by atoms with E-state index in [0.717, 1.165) is 0 Å². The zero-order valence-corrected chi connectivity index (χ0v) is 16.1. The van der Waals surface area contributed by atoms with Crippen molar-refractivity contribution in [3.8, 4) is 5.75 Å². The number of nitrogens with zero attached hydrogens (tertiary/aromatic N) is 2. The lowest BCUT2D eigenvalue weighted by Crippen LogP contribution is -2.21. The van der Waals surface area contributed by atoms with Crippen molar-refractivity contribution in [1.29, 1.82) is 0 Å². The van der Waals surface area contributed by atoms with E-state index in [4.69, 9.17) is 20.8 Å². The molecule has 144 valence electrons. The van der Waals surface area contributed by atoms with Gasteiger partial charge in [-0.2, -0.15) is 10.1 Å². The Labute approximate surface area is 171 Å². The van der Waals surface area contributed by atoms with Crippen molar-refractivity contribution >= 4 is 41.0 Å². The lowest BCUT2D eigenvalue weighted by molar-refractivity contribution is -0.114. The summed E-state index contributed by atoms with van der Waals surface area (Å²) in [7, 11) is 0. The number of anilines is 1. The topological polar surface area (TPSA) is 72.1 Å². The van der Waals surface area contributed by atoms with Crippen LogP contribution in [0.4, 0.5) is 5.69 Å². The van der Waals surface area contributed by atoms with E-state index in [1.54, 1.807) is 37.3 Å². The molecule has 6 nitrogen and oxygen atoms in total. The molecule has 29 heavy (non-hydrogen) atoms. The molecule has 4 rings (SSSR count). The van der Waals surface area contributed by atoms with Gasteiger partial charge >= 0.3 is 5.97 Å². The molecule has 1 aliphatic rings. The summed E-state index contributed by atoms with van der Waals surface area (Å²) in [4.78, 5) is 24.8. The molecule has 0 unspecified atom stereocenters. The van der Waals surface area contributed by atoms with Crippen molar-refractivity contribution in [3.05, 3.63) is 88.8 Å². The van der Waals surface area contributed by atoms with Gasteiger partial charge in [0, 0.05) is 0 Å². The van der Waals surface area contributed by atoms with Crippen LogP contribution in [0.3, 0.4) is 0 Å². The highest BCUT2D eigenvalue weighted by atomic mass is 35.5. The van der Waals surface area contributed by atoms with Gasteiger partial charge in [-0.15, -0.1) is 0 Å². The van der Waals surface area contributed by atoms with E-state index in [0.29, 0.717) is 22.5 Å². The fourth-order valence-electron chi connectivity index (χ4n) is 2.83. The minimum atomic E-state index is -0.643. The third-order valence-corrected chi connectivity index (χ3v) is 4.55. The monoisotopic (exact) mass is 406 g/mol. The third-order valence-electron chi connectivity index (χ3n) is 4.26. The number of rotatable bonds is 4. The summed E-state index contributed by atoms with van der Waals surface area (Å²) >= 11 is 6.25. The highest BCUT2D eigenvalue weighted by Gasteiger charge is 2.28. The second kappa shape index (κ2) is 7.77. The van der Waals surface area contributed by atoms with Gasteiger partial charge in [-0.25, -0.2) is 4.79 Å². The van der Waals surface area contributed by atoms with Crippen LogP contribution in [-0.2, 0) is 4.79 Å². The van der Waals surface area contributed by atoms with Crippen LogP contribution in [0, 0.1) is 0 Å². The predicted octanol–water partition coefficient (Wildman–Crippen LogP) is 4.96. The van der Waals surface area contributed by atoms with Crippen LogP contribution >= 0.6 is 11.6 Å². The number of furan rings is 1. The summed E-state index contributed by atoms with van der Waals surface area (Å²) in [6, 6.07) is 17.2. The third kappa shape index (κ3) is 3.83. The normalized spacial score (nSPS) is 15.0. The Morgan fingerprint density at radius 3 is 2.62 bits per heavy atom. The van der Waals surface area contributed by atoms with Crippen LogP contribution in [0.15, 0.2) is 82.0 Å². The summed E-state index contributed by atoms with van der Waals surface area (Å²) in [6.45, 7) is 1.77. The number of carbonyl (C=O) groups excluding carboxylic acids is 2. The number of hydrogen-bond acceptors (Lipinski definition) is 5. The summed E-state index contributed by atoms with van der Waals surface area (Å²) in [5.74, 6) is -0.588. The molecule has 2 aromatic carbocycles. The lowest BCUT2D eigenvalue weighted by atomic mass is 10.1. The van der Waals surface area contributed by atoms with Gasteiger partial charge in [0.25, 0.3) is 5.91 Å². The molecule has 0 radical (unpaired) electrons. The molecule has 0 spiro atoms. The second-order valence-electron chi connectivity index (χ2n) is 6.25. The Morgan fingerprint density at radius 2 is 1.93 bits per heavy atom. The van der Waals surface area contributed by atoms with E-state index >= 15 is 0 Å². The lowest BCUT2D eigenvalue weighted by Gasteiger charge is -2.11. The molecule has 0 atom stereocenters. The Kier molecular flexibility index (Phi) is 5.01. The molecular weight excluding hydrogens is 392 g/mol. The van der Waals surface area contributed by atoms with Crippen molar-refractivity contribution in [1.82, 2.24) is 0 Å². The number of hydrazone groups is 1. The molecule has 3 aromatic rings. The molecule has 0 aliphatic carbocycles. The van der Waals surface area contributed by atoms with Gasteiger partial charge in [0.1, 0.15) is 5.75 Å². The van der Waals surface area contributed by atoms with Crippen LogP contribution < -0.4 is 9.75 Å². The second-order valence-corrected chi connectivity index (χ2v) is 6.66. The van der Waals surface area contributed by atoms with Gasteiger partial charge in [0.15, 0.2) is 0 Å². The van der Waals surface area contributed by atoms with Crippen molar-refractivity contribution in [2.45, 2.75) is 6.92 Å². The maximum atomic E-state index is 12.8. The summed E-state index contributed by atoms with van der Waals surface area (Å²) in [5, 5.41) is 5.94. The van der Waals surface area contributed by atoms with E-state index in [1.807, 2.05) is 30.3 Å². The Hall–Kier alpha value is -3.64. The number of ether oxygens (including phenoxy) is 1. The SMILES string of the molecule is CC1=NN(c2ccccc2)C(=O)/C1=C/c1ccc(OC(=O)c2ccco2)c(Cl)c1. The zero-order chi connectivity index (χ0) is 20.4. The molecule has 1 aromatic heterocycles. The predicted molar refractivity (Wildman–Crippen MR) is 110 cm³/mol. The number of hydrogen-bond donors (Lipinski definition) is 0. The molecule has 7 heteroatoms. The van der Waals surface area contributed by atoms with Gasteiger partial charge in [0.2, 0.25) is 5.76 Å². The van der Waals surface area contributed by atoms with Crippen LogP contribution in [-0.4, -0.2) is 17.6 Å². The summed E-state index contributed by atoms with van der Waals surface area (Å²) in [5.41, 5.74) is 2.44. The Balaban J connectivity index is 1.55. The van der Waals surface area contributed by atoms with E-state index in [1.165, 1.54) is 17.3 Å². The highest BCUT2D eigenvalue weighted by Crippen LogP contribution is 2.29. The van der Waals surface area contributed by atoms with Gasteiger partial charge in [-0.3, -0.25) is 4.79 Å². The van der Waals surface area contributed by atoms with E-state index < -0.39 is 5.97 Å². The first-order chi connectivity index (χ1) is 14.0. The van der Waals surface area contributed by atoms with Gasteiger partial charge in [-0.05, 0) is 55.0 Å². The number of esters is 1. The molecule has 2 heterocycles. The maximum Gasteiger partial charge on any atom is 0.379 e. The minimum absolute atomic E-state index is 0.0802. The van der Waals surface area contributed by atoms with Crippen LogP contribution in [0.1, 0.15) is 23.0 Å². The first-order valence-corrected chi connectivity index (χ1v) is 9.13. The van der Waals surface area contributed by atoms with Crippen molar-refractivity contribution in [2.75, 3.05) is 5.01 Å². The quantitative estimate of drug-likeness (QED) is 0.349. The van der Waals surface area contributed by atoms with Gasteiger partial charge < -0.3 is 9.15 Å². The molecule has 1 aliphatic heterocycles. The average molecular weight is 407 g/mol. The number of benzene rings is 2. The summed E-state index contributed by atoms with van der Waals surface area (Å²) < 4.78 is 10.3. The Morgan fingerprint density at radius 1 is 1.14 bits per heavy atom. The fourth-order valence-corrected chi connectivity index (χ4v) is 3.06. The molecule has 0 fully saturated rings. The molecule has 0 bridgehead atoms. The van der Waals surface area contributed by atoms with Crippen molar-refractivity contribution < 1.29 is 18.7 Å². The summed E-state index contributed by atoms with van der Waals surface area (Å²) in [6.07, 6.45) is 3.09. The van der Waals surface area contributed by atoms with Crippen LogP contribution in [0.2, 0.25) is 5.02 Å².